The van der Waals surface area contributed by atoms with E-state index in [1.165, 1.54) is 0 Å². The Kier molecular flexibility index (Phi) is 3.59. The first kappa shape index (κ1) is 13.3. The Morgan fingerprint density at radius 1 is 1.35 bits per heavy atom. The Morgan fingerprint density at radius 3 is 2.95 bits per heavy atom. The second kappa shape index (κ2) is 5.38. The summed E-state index contributed by atoms with van der Waals surface area (Å²) >= 11 is 5.91. The summed E-state index contributed by atoms with van der Waals surface area (Å²) in [5.41, 5.74) is 7.57. The molecule has 1 aromatic heterocycles. The maximum Gasteiger partial charge on any atom is 0.227 e. The van der Waals surface area contributed by atoms with Crippen LogP contribution in [-0.2, 0) is 11.3 Å². The van der Waals surface area contributed by atoms with Gasteiger partial charge in [0.15, 0.2) is 0 Å². The normalized spacial score (nSPS) is 19.0. The molecule has 5 heteroatoms. The van der Waals surface area contributed by atoms with Crippen LogP contribution < -0.4 is 5.73 Å². The summed E-state index contributed by atoms with van der Waals surface area (Å²) in [6, 6.07) is 9.64. The third kappa shape index (κ3) is 2.37. The summed E-state index contributed by atoms with van der Waals surface area (Å²) in [6.07, 6.45) is 0.851. The second-order valence-electron chi connectivity index (χ2n) is 5.10. The lowest BCUT2D eigenvalue weighted by atomic mass is 10.1. The first-order valence-corrected chi connectivity index (χ1v) is 7.10. The molecule has 2 heterocycles. The highest BCUT2D eigenvalue weighted by atomic mass is 35.5. The zero-order valence-electron chi connectivity index (χ0n) is 11.1. The summed E-state index contributed by atoms with van der Waals surface area (Å²) in [5.74, 6) is 0.143. The number of nitrogens with zero attached hydrogens (tertiary/aromatic N) is 2. The second-order valence-corrected chi connectivity index (χ2v) is 5.49. The van der Waals surface area contributed by atoms with Crippen molar-refractivity contribution in [3.8, 4) is 0 Å². The standard InChI is InChI=1S/C15H16ClN3O/c16-14-5-4-12-11(2-1-3-13(12)18-14)9-19-7-6-10(8-17)15(19)20/h1-5,10H,6-9,17H2/t10-/m0/s1. The Morgan fingerprint density at radius 2 is 2.20 bits per heavy atom. The van der Waals surface area contributed by atoms with Crippen LogP contribution in [0.4, 0.5) is 0 Å². The van der Waals surface area contributed by atoms with E-state index in [0.717, 1.165) is 29.4 Å². The van der Waals surface area contributed by atoms with Crippen molar-refractivity contribution < 1.29 is 4.79 Å². The summed E-state index contributed by atoms with van der Waals surface area (Å²) in [6.45, 7) is 1.82. The average molecular weight is 290 g/mol. The van der Waals surface area contributed by atoms with Crippen molar-refractivity contribution in [1.82, 2.24) is 9.88 Å². The molecule has 1 fully saturated rings. The number of hydrogen-bond acceptors (Lipinski definition) is 3. The molecule has 20 heavy (non-hydrogen) atoms. The summed E-state index contributed by atoms with van der Waals surface area (Å²) in [7, 11) is 0. The number of likely N-dealkylation sites (tertiary alicyclic amines) is 1. The molecule has 1 atom stereocenters. The van der Waals surface area contributed by atoms with E-state index in [9.17, 15) is 4.79 Å². The van der Waals surface area contributed by atoms with E-state index in [2.05, 4.69) is 4.98 Å². The summed E-state index contributed by atoms with van der Waals surface area (Å²) in [5, 5.41) is 1.52. The molecule has 1 aliphatic heterocycles. The van der Waals surface area contributed by atoms with Gasteiger partial charge in [-0.05, 0) is 30.2 Å². The maximum absolute atomic E-state index is 12.1. The van der Waals surface area contributed by atoms with Crippen molar-refractivity contribution in [3.63, 3.8) is 0 Å². The van der Waals surface area contributed by atoms with Crippen LogP contribution in [-0.4, -0.2) is 28.9 Å². The predicted octanol–water partition coefficient (Wildman–Crippen LogP) is 2.20. The lowest BCUT2D eigenvalue weighted by molar-refractivity contribution is -0.131. The van der Waals surface area contributed by atoms with Crippen molar-refractivity contribution in [1.29, 1.82) is 0 Å². The number of fused-ring (bicyclic) bond motifs is 1. The minimum atomic E-state index is -0.0162. The number of carbonyl (C=O) groups excluding carboxylic acids is 1. The quantitative estimate of drug-likeness (QED) is 0.881. The molecule has 4 nitrogen and oxygen atoms in total. The van der Waals surface area contributed by atoms with Gasteiger partial charge in [-0.3, -0.25) is 4.79 Å². The molecule has 0 saturated carbocycles. The molecule has 0 spiro atoms. The molecule has 2 N–H and O–H groups in total. The monoisotopic (exact) mass is 289 g/mol. The fraction of sp³-hybridized carbons (Fsp3) is 0.333. The van der Waals surface area contributed by atoms with Crippen LogP contribution in [0.2, 0.25) is 5.15 Å². The number of aromatic nitrogens is 1. The minimum Gasteiger partial charge on any atom is -0.338 e. The number of benzene rings is 1. The first-order valence-electron chi connectivity index (χ1n) is 6.72. The van der Waals surface area contributed by atoms with Gasteiger partial charge in [0.05, 0.1) is 11.4 Å². The fourth-order valence-electron chi connectivity index (χ4n) is 2.72. The van der Waals surface area contributed by atoms with Gasteiger partial charge in [-0.25, -0.2) is 4.98 Å². The SMILES string of the molecule is NC[C@@H]1CCN(Cc2cccc3nc(Cl)ccc23)C1=O. The first-order chi connectivity index (χ1) is 9.69. The molecule has 0 bridgehead atoms. The van der Waals surface area contributed by atoms with Gasteiger partial charge in [-0.1, -0.05) is 23.7 Å². The van der Waals surface area contributed by atoms with Crippen molar-refractivity contribution in [2.45, 2.75) is 13.0 Å². The number of halogens is 1. The molecule has 104 valence electrons. The third-order valence-electron chi connectivity index (χ3n) is 3.84. The van der Waals surface area contributed by atoms with Crippen LogP contribution in [0.1, 0.15) is 12.0 Å². The minimum absolute atomic E-state index is 0.0162. The van der Waals surface area contributed by atoms with Gasteiger partial charge >= 0.3 is 0 Å². The fourth-order valence-corrected chi connectivity index (χ4v) is 2.87. The molecule has 1 saturated heterocycles. The molecule has 1 amide bonds. The number of carbonyl (C=O) groups is 1. The number of amides is 1. The molecule has 0 unspecified atom stereocenters. The number of pyridine rings is 1. The van der Waals surface area contributed by atoms with Gasteiger partial charge < -0.3 is 10.6 Å². The Balaban J connectivity index is 1.90. The molecule has 2 aromatic rings. The topological polar surface area (TPSA) is 59.2 Å². The van der Waals surface area contributed by atoms with Crippen LogP contribution in [0.15, 0.2) is 30.3 Å². The van der Waals surface area contributed by atoms with Crippen molar-refractivity contribution >= 4 is 28.4 Å². The van der Waals surface area contributed by atoms with E-state index >= 15 is 0 Å². The van der Waals surface area contributed by atoms with Crippen LogP contribution in [0, 0.1) is 5.92 Å². The van der Waals surface area contributed by atoms with Gasteiger partial charge in [0, 0.05) is 25.0 Å². The Labute approximate surface area is 122 Å². The Hall–Kier alpha value is -1.65. The van der Waals surface area contributed by atoms with Gasteiger partial charge in [-0.15, -0.1) is 0 Å². The Bertz CT molecular complexity index is 659. The van der Waals surface area contributed by atoms with E-state index in [4.69, 9.17) is 17.3 Å². The number of nitrogens with two attached hydrogens (primary N) is 1. The van der Waals surface area contributed by atoms with E-state index in [1.54, 1.807) is 6.07 Å². The number of rotatable bonds is 3. The molecule has 0 radical (unpaired) electrons. The highest BCUT2D eigenvalue weighted by Crippen LogP contribution is 2.24. The van der Waals surface area contributed by atoms with Gasteiger partial charge in [0.1, 0.15) is 5.15 Å². The van der Waals surface area contributed by atoms with Crippen LogP contribution in [0.25, 0.3) is 10.9 Å². The highest BCUT2D eigenvalue weighted by molar-refractivity contribution is 6.29. The van der Waals surface area contributed by atoms with Crippen molar-refractivity contribution in [2.75, 3.05) is 13.1 Å². The van der Waals surface area contributed by atoms with E-state index < -0.39 is 0 Å². The zero-order chi connectivity index (χ0) is 14.1. The van der Waals surface area contributed by atoms with Gasteiger partial charge in [0.25, 0.3) is 0 Å². The van der Waals surface area contributed by atoms with Crippen LogP contribution in [0.3, 0.4) is 0 Å². The summed E-state index contributed by atoms with van der Waals surface area (Å²) in [4.78, 5) is 18.3. The van der Waals surface area contributed by atoms with Crippen LogP contribution >= 0.6 is 11.6 Å². The van der Waals surface area contributed by atoms with Crippen LogP contribution in [0.5, 0.6) is 0 Å². The van der Waals surface area contributed by atoms with E-state index in [1.807, 2.05) is 29.2 Å². The summed E-state index contributed by atoms with van der Waals surface area (Å²) < 4.78 is 0. The van der Waals surface area contributed by atoms with E-state index in [-0.39, 0.29) is 11.8 Å². The molecular formula is C15H16ClN3O. The molecule has 1 aromatic carbocycles. The molecule has 0 aliphatic carbocycles. The zero-order valence-corrected chi connectivity index (χ0v) is 11.8. The molecular weight excluding hydrogens is 274 g/mol. The van der Waals surface area contributed by atoms with Crippen molar-refractivity contribution in [2.24, 2.45) is 11.7 Å². The third-order valence-corrected chi connectivity index (χ3v) is 4.05. The lowest BCUT2D eigenvalue weighted by Gasteiger charge is -2.17. The maximum atomic E-state index is 12.1. The largest absolute Gasteiger partial charge is 0.338 e. The highest BCUT2D eigenvalue weighted by Gasteiger charge is 2.30. The lowest BCUT2D eigenvalue weighted by Crippen LogP contribution is -2.29. The van der Waals surface area contributed by atoms with Gasteiger partial charge in [-0.2, -0.15) is 0 Å². The van der Waals surface area contributed by atoms with Gasteiger partial charge in [0.2, 0.25) is 5.91 Å². The predicted molar refractivity (Wildman–Crippen MR) is 79.3 cm³/mol. The van der Waals surface area contributed by atoms with E-state index in [0.29, 0.717) is 18.2 Å². The average Bonchev–Trinajstić information content (AvgIpc) is 2.79. The molecule has 1 aliphatic rings. The smallest absolute Gasteiger partial charge is 0.227 e. The number of hydrogen-bond donors (Lipinski definition) is 1. The molecule has 3 rings (SSSR count). The van der Waals surface area contributed by atoms with Crippen molar-refractivity contribution in [3.05, 3.63) is 41.0 Å².